The maximum atomic E-state index is 13.0. The molecule has 3 aromatic carbocycles. The number of piperazine rings is 1. The molecule has 206 valence electrons. The third-order valence-corrected chi connectivity index (χ3v) is 7.50. The van der Waals surface area contributed by atoms with Crippen molar-refractivity contribution in [1.82, 2.24) is 14.4 Å². The molecule has 1 aliphatic heterocycles. The molecule has 8 nitrogen and oxygen atoms in total. The molecular weight excluding hydrogens is 502 g/mol. The first kappa shape index (κ1) is 27.3. The van der Waals surface area contributed by atoms with E-state index in [1.54, 1.807) is 11.9 Å². The third kappa shape index (κ3) is 5.54. The summed E-state index contributed by atoms with van der Waals surface area (Å²) >= 11 is 0. The van der Waals surface area contributed by atoms with Gasteiger partial charge in [0.2, 0.25) is 17.7 Å². The minimum absolute atomic E-state index is 0.0445. The molecule has 40 heavy (non-hydrogen) atoms. The molecule has 0 spiro atoms. The van der Waals surface area contributed by atoms with Gasteiger partial charge in [-0.05, 0) is 49.9 Å². The number of amides is 1. The van der Waals surface area contributed by atoms with Crippen LogP contribution in [0.2, 0.25) is 0 Å². The van der Waals surface area contributed by atoms with Crippen molar-refractivity contribution in [3.63, 3.8) is 0 Å². The largest absolute Gasteiger partial charge is 0.494 e. The molecule has 0 radical (unpaired) electrons. The van der Waals surface area contributed by atoms with Crippen LogP contribution in [0.5, 0.6) is 5.88 Å². The second kappa shape index (κ2) is 11.5. The van der Waals surface area contributed by atoms with Gasteiger partial charge in [-0.25, -0.2) is 4.99 Å². The molecule has 8 heteroatoms. The summed E-state index contributed by atoms with van der Waals surface area (Å²) in [6.07, 6.45) is 0. The van der Waals surface area contributed by atoms with E-state index in [2.05, 4.69) is 16.8 Å². The van der Waals surface area contributed by atoms with Gasteiger partial charge >= 0.3 is 0 Å². The molecule has 0 saturated carbocycles. The lowest BCUT2D eigenvalue weighted by Crippen LogP contribution is -2.48. The molecule has 1 saturated heterocycles. The molecule has 4 aromatic rings. The normalized spacial score (nSPS) is 14.9. The van der Waals surface area contributed by atoms with E-state index in [-0.39, 0.29) is 17.7 Å². The Morgan fingerprint density at radius 1 is 0.950 bits per heavy atom. The van der Waals surface area contributed by atoms with Gasteiger partial charge in [-0.3, -0.25) is 19.1 Å². The van der Waals surface area contributed by atoms with Crippen molar-refractivity contribution in [2.45, 2.75) is 13.8 Å². The summed E-state index contributed by atoms with van der Waals surface area (Å²) < 4.78 is 1.33. The Morgan fingerprint density at radius 3 is 2.27 bits per heavy atom. The molecule has 1 aromatic heterocycles. The number of aromatic nitrogens is 1. The number of rotatable bonds is 6. The molecule has 0 atom stereocenters. The molecule has 1 N–H and O–H groups in total. The molecule has 0 unspecified atom stereocenters. The number of hydrogen-bond acceptors (Lipinski definition) is 6. The first-order valence-electron chi connectivity index (χ1n) is 13.5. The number of anilines is 1. The average molecular weight is 538 g/mol. The first-order valence-corrected chi connectivity index (χ1v) is 13.5. The lowest BCUT2D eigenvalue weighted by Gasteiger charge is -2.32. The molecular formula is C32H35N5O3. The van der Waals surface area contributed by atoms with E-state index >= 15 is 0 Å². The number of hydrogen-bond donors (Lipinski definition) is 1. The lowest BCUT2D eigenvalue weighted by molar-refractivity contribution is -0.119. The van der Waals surface area contributed by atoms with Crippen molar-refractivity contribution in [2.75, 3.05) is 51.7 Å². The van der Waals surface area contributed by atoms with Crippen LogP contribution in [-0.4, -0.2) is 83.8 Å². The maximum Gasteiger partial charge on any atom is 0.240 e. The Labute approximate surface area is 234 Å². The summed E-state index contributed by atoms with van der Waals surface area (Å²) in [5.74, 6) is -0.370. The van der Waals surface area contributed by atoms with Gasteiger partial charge in [0.25, 0.3) is 0 Å². The van der Waals surface area contributed by atoms with Crippen LogP contribution >= 0.6 is 0 Å². The second-order valence-electron chi connectivity index (χ2n) is 10.4. The summed E-state index contributed by atoms with van der Waals surface area (Å²) in [6, 6.07) is 22.9. The van der Waals surface area contributed by atoms with Crippen molar-refractivity contribution < 1.29 is 14.7 Å². The second-order valence-corrected chi connectivity index (χ2v) is 10.4. The zero-order chi connectivity index (χ0) is 28.4. The molecule has 2 heterocycles. The van der Waals surface area contributed by atoms with Crippen molar-refractivity contribution in [1.29, 1.82) is 0 Å². The standard InChI is InChI=1S/C32H35N5O3/c1-22-10-15-27-28(20-22)37(23(2)38)32(40)30(27)31(24-8-6-5-7-9-24)33-25-11-13-26(14-12-25)35(4)29(39)21-36-18-16-34(3)17-19-36/h5-15,20,40H,16-19,21H2,1-4H3. The fraction of sp³-hybridized carbons (Fsp3) is 0.281. The lowest BCUT2D eigenvalue weighted by atomic mass is 10.00. The number of likely N-dealkylation sites (N-methyl/N-ethyl adjacent to an activating group) is 2. The smallest absolute Gasteiger partial charge is 0.240 e. The fourth-order valence-corrected chi connectivity index (χ4v) is 5.12. The van der Waals surface area contributed by atoms with Crippen LogP contribution in [0, 0.1) is 6.92 Å². The Kier molecular flexibility index (Phi) is 7.82. The minimum Gasteiger partial charge on any atom is -0.494 e. The van der Waals surface area contributed by atoms with Crippen LogP contribution < -0.4 is 4.90 Å². The summed E-state index contributed by atoms with van der Waals surface area (Å²) in [5, 5.41) is 12.1. The van der Waals surface area contributed by atoms with Crippen LogP contribution in [-0.2, 0) is 4.79 Å². The van der Waals surface area contributed by atoms with Crippen molar-refractivity contribution in [3.05, 3.63) is 89.5 Å². The molecule has 0 aliphatic carbocycles. The van der Waals surface area contributed by atoms with Crippen LogP contribution in [0.25, 0.3) is 10.9 Å². The molecule has 1 amide bonds. The van der Waals surface area contributed by atoms with Crippen LogP contribution in [0.3, 0.4) is 0 Å². The van der Waals surface area contributed by atoms with Crippen molar-refractivity contribution in [3.8, 4) is 5.88 Å². The Bertz CT molecular complexity index is 1570. The number of fused-ring (bicyclic) bond motifs is 1. The van der Waals surface area contributed by atoms with E-state index in [1.165, 1.54) is 11.5 Å². The topological polar surface area (TPSA) is 81.4 Å². The van der Waals surface area contributed by atoms with Crippen LogP contribution in [0.4, 0.5) is 11.4 Å². The van der Waals surface area contributed by atoms with Crippen LogP contribution in [0.15, 0.2) is 77.8 Å². The van der Waals surface area contributed by atoms with E-state index in [0.29, 0.717) is 29.0 Å². The average Bonchev–Trinajstić information content (AvgIpc) is 3.24. The number of benzene rings is 3. The van der Waals surface area contributed by atoms with Crippen molar-refractivity contribution >= 4 is 39.8 Å². The molecule has 5 rings (SSSR count). The number of nitrogens with zero attached hydrogens (tertiary/aromatic N) is 5. The van der Waals surface area contributed by atoms with E-state index in [1.807, 2.05) is 79.7 Å². The summed E-state index contributed by atoms with van der Waals surface area (Å²) in [5.41, 5.74) is 4.94. The summed E-state index contributed by atoms with van der Waals surface area (Å²) in [6.45, 7) is 7.48. The van der Waals surface area contributed by atoms with Crippen LogP contribution in [0.1, 0.15) is 28.4 Å². The molecule has 0 bridgehead atoms. The highest BCUT2D eigenvalue weighted by Gasteiger charge is 2.24. The number of carbonyl (C=O) groups excluding carboxylic acids is 2. The van der Waals surface area contributed by atoms with Gasteiger partial charge in [0.15, 0.2) is 0 Å². The van der Waals surface area contributed by atoms with Gasteiger partial charge in [-0.2, -0.15) is 0 Å². The van der Waals surface area contributed by atoms with Gasteiger partial charge in [-0.15, -0.1) is 0 Å². The van der Waals surface area contributed by atoms with Gasteiger partial charge in [0.05, 0.1) is 29.0 Å². The molecule has 1 aliphatic rings. The number of carbonyl (C=O) groups is 2. The van der Waals surface area contributed by atoms with E-state index in [4.69, 9.17) is 4.99 Å². The minimum atomic E-state index is -0.277. The van der Waals surface area contributed by atoms with Gasteiger partial charge in [-0.1, -0.05) is 42.5 Å². The number of aliphatic imine (C=N–C) groups is 1. The number of aromatic hydroxyl groups is 1. The van der Waals surface area contributed by atoms with E-state index < -0.39 is 0 Å². The zero-order valence-electron chi connectivity index (χ0n) is 23.5. The predicted octanol–water partition coefficient (Wildman–Crippen LogP) is 4.69. The van der Waals surface area contributed by atoms with Gasteiger partial charge < -0.3 is 14.9 Å². The highest BCUT2D eigenvalue weighted by Crippen LogP contribution is 2.35. The van der Waals surface area contributed by atoms with E-state index in [0.717, 1.165) is 48.4 Å². The van der Waals surface area contributed by atoms with E-state index in [9.17, 15) is 14.7 Å². The monoisotopic (exact) mass is 537 g/mol. The van der Waals surface area contributed by atoms with Gasteiger partial charge in [0, 0.05) is 56.8 Å². The predicted molar refractivity (Wildman–Crippen MR) is 160 cm³/mol. The molecule has 1 fully saturated rings. The van der Waals surface area contributed by atoms with Gasteiger partial charge in [0.1, 0.15) is 0 Å². The Balaban J connectivity index is 1.50. The summed E-state index contributed by atoms with van der Waals surface area (Å²) in [7, 11) is 3.89. The quantitative estimate of drug-likeness (QED) is 0.361. The van der Waals surface area contributed by atoms with Crippen molar-refractivity contribution in [2.24, 2.45) is 4.99 Å². The number of aryl methyl sites for hydroxylation is 1. The fourth-order valence-electron chi connectivity index (χ4n) is 5.12. The Hall–Kier alpha value is -4.27. The third-order valence-electron chi connectivity index (χ3n) is 7.50. The first-order chi connectivity index (χ1) is 19.2. The zero-order valence-corrected chi connectivity index (χ0v) is 23.5. The SMILES string of the molecule is CC(=O)n1c(O)c(C(=Nc2ccc(N(C)C(=O)CN3CCN(C)CC3)cc2)c2ccccc2)c2ccc(C)cc21. The highest BCUT2D eigenvalue weighted by molar-refractivity contribution is 6.23. The summed E-state index contributed by atoms with van der Waals surface area (Å²) in [4.78, 5) is 36.6. The maximum absolute atomic E-state index is 13.0. The highest BCUT2D eigenvalue weighted by atomic mass is 16.3. The Morgan fingerprint density at radius 2 is 1.62 bits per heavy atom.